The molecular weight excluding hydrogens is 361 g/mol. The normalized spacial score (nSPS) is 10.2. The van der Waals surface area contributed by atoms with Crippen LogP contribution in [0.2, 0.25) is 0 Å². The summed E-state index contributed by atoms with van der Waals surface area (Å²) in [6.45, 7) is 0.546. The molecule has 8 heteroatoms. The van der Waals surface area contributed by atoms with Gasteiger partial charge in [-0.2, -0.15) is 20.2 Å². The molecule has 1 aromatic heterocycles. The van der Waals surface area contributed by atoms with E-state index < -0.39 is 0 Å². The SMILES string of the molecule is COc1nc(NCCc2ccc(F)cc2)nc(-c2ccc(OC)c(C#N)c2)n1. The number of hydrogen-bond donors (Lipinski definition) is 1. The van der Waals surface area contributed by atoms with Crippen LogP contribution in [0.3, 0.4) is 0 Å². The lowest BCUT2D eigenvalue weighted by molar-refractivity contribution is 0.379. The largest absolute Gasteiger partial charge is 0.495 e. The maximum absolute atomic E-state index is 13.0. The number of hydrogen-bond acceptors (Lipinski definition) is 7. The maximum Gasteiger partial charge on any atom is 0.321 e. The molecule has 7 nitrogen and oxygen atoms in total. The van der Waals surface area contributed by atoms with Crippen LogP contribution in [-0.4, -0.2) is 35.7 Å². The van der Waals surface area contributed by atoms with Gasteiger partial charge in [0, 0.05) is 12.1 Å². The number of anilines is 1. The lowest BCUT2D eigenvalue weighted by Gasteiger charge is -2.09. The fourth-order valence-corrected chi connectivity index (χ4v) is 2.56. The number of nitrogens with zero attached hydrogens (tertiary/aromatic N) is 4. The average Bonchev–Trinajstić information content (AvgIpc) is 2.74. The van der Waals surface area contributed by atoms with Gasteiger partial charge in [0.1, 0.15) is 17.6 Å². The number of nitriles is 1. The van der Waals surface area contributed by atoms with Gasteiger partial charge in [-0.1, -0.05) is 12.1 Å². The number of methoxy groups -OCH3 is 2. The van der Waals surface area contributed by atoms with Crippen molar-refractivity contribution in [1.82, 2.24) is 15.0 Å². The summed E-state index contributed by atoms with van der Waals surface area (Å²) in [5.74, 6) is 0.929. The summed E-state index contributed by atoms with van der Waals surface area (Å²) in [6.07, 6.45) is 0.671. The number of benzene rings is 2. The second kappa shape index (κ2) is 8.77. The first kappa shape index (κ1) is 19.0. The fourth-order valence-electron chi connectivity index (χ4n) is 2.56. The highest BCUT2D eigenvalue weighted by Crippen LogP contribution is 2.25. The van der Waals surface area contributed by atoms with Gasteiger partial charge in [0.15, 0.2) is 5.82 Å². The van der Waals surface area contributed by atoms with Gasteiger partial charge >= 0.3 is 6.01 Å². The van der Waals surface area contributed by atoms with Gasteiger partial charge in [-0.3, -0.25) is 0 Å². The number of aromatic nitrogens is 3. The number of rotatable bonds is 7. The Labute approximate surface area is 161 Å². The minimum atomic E-state index is -0.264. The molecule has 1 heterocycles. The Kier molecular flexibility index (Phi) is 5.97. The number of ether oxygens (including phenoxy) is 2. The topological polar surface area (TPSA) is 93.0 Å². The van der Waals surface area contributed by atoms with E-state index >= 15 is 0 Å². The highest BCUT2D eigenvalue weighted by atomic mass is 19.1. The van der Waals surface area contributed by atoms with Crippen molar-refractivity contribution in [2.24, 2.45) is 0 Å². The molecule has 1 N–H and O–H groups in total. The minimum absolute atomic E-state index is 0.156. The third-order valence-corrected chi connectivity index (χ3v) is 3.99. The summed E-state index contributed by atoms with van der Waals surface area (Å²) in [6, 6.07) is 13.7. The van der Waals surface area contributed by atoms with Crippen LogP contribution in [0, 0.1) is 17.1 Å². The van der Waals surface area contributed by atoms with Crippen molar-refractivity contribution < 1.29 is 13.9 Å². The second-order valence-corrected chi connectivity index (χ2v) is 5.80. The van der Waals surface area contributed by atoms with Gasteiger partial charge in [-0.15, -0.1) is 0 Å². The van der Waals surface area contributed by atoms with E-state index in [1.165, 1.54) is 26.4 Å². The first-order valence-corrected chi connectivity index (χ1v) is 8.50. The van der Waals surface area contributed by atoms with Crippen LogP contribution in [0.4, 0.5) is 10.3 Å². The van der Waals surface area contributed by atoms with E-state index in [2.05, 4.69) is 26.3 Å². The molecule has 142 valence electrons. The molecule has 3 aromatic rings. The average molecular weight is 379 g/mol. The summed E-state index contributed by atoms with van der Waals surface area (Å²) in [5.41, 5.74) is 2.01. The van der Waals surface area contributed by atoms with Crippen LogP contribution in [0.1, 0.15) is 11.1 Å². The molecule has 0 radical (unpaired) electrons. The highest BCUT2D eigenvalue weighted by molar-refractivity contribution is 5.62. The van der Waals surface area contributed by atoms with E-state index in [0.29, 0.717) is 41.6 Å². The van der Waals surface area contributed by atoms with Gasteiger partial charge in [0.2, 0.25) is 5.95 Å². The molecule has 0 aliphatic heterocycles. The molecule has 0 aliphatic rings. The third-order valence-electron chi connectivity index (χ3n) is 3.99. The molecule has 0 spiro atoms. The van der Waals surface area contributed by atoms with Crippen LogP contribution >= 0.6 is 0 Å². The number of halogens is 1. The van der Waals surface area contributed by atoms with E-state index in [1.54, 1.807) is 30.3 Å². The van der Waals surface area contributed by atoms with E-state index in [1.807, 2.05) is 0 Å². The predicted molar refractivity (Wildman–Crippen MR) is 102 cm³/mol. The molecule has 0 aliphatic carbocycles. The van der Waals surface area contributed by atoms with Crippen molar-refractivity contribution in [2.75, 3.05) is 26.1 Å². The van der Waals surface area contributed by atoms with Crippen LogP contribution < -0.4 is 14.8 Å². The molecule has 2 aromatic carbocycles. The summed E-state index contributed by atoms with van der Waals surface area (Å²) in [4.78, 5) is 12.9. The molecule has 0 amide bonds. The van der Waals surface area contributed by atoms with Gasteiger partial charge in [-0.25, -0.2) is 4.39 Å². The van der Waals surface area contributed by atoms with Crippen LogP contribution in [-0.2, 0) is 6.42 Å². The van der Waals surface area contributed by atoms with Crippen molar-refractivity contribution in [3.63, 3.8) is 0 Å². The van der Waals surface area contributed by atoms with Crippen molar-refractivity contribution in [2.45, 2.75) is 6.42 Å². The van der Waals surface area contributed by atoms with Gasteiger partial charge < -0.3 is 14.8 Å². The Morgan fingerprint density at radius 2 is 1.82 bits per heavy atom. The van der Waals surface area contributed by atoms with Gasteiger partial charge in [-0.05, 0) is 42.3 Å². The molecule has 0 unspecified atom stereocenters. The highest BCUT2D eigenvalue weighted by Gasteiger charge is 2.12. The van der Waals surface area contributed by atoms with Crippen molar-refractivity contribution in [1.29, 1.82) is 5.26 Å². The molecule has 0 atom stereocenters. The first-order valence-electron chi connectivity index (χ1n) is 8.50. The van der Waals surface area contributed by atoms with Crippen molar-refractivity contribution in [3.8, 4) is 29.2 Å². The molecule has 0 saturated heterocycles. The zero-order valence-electron chi connectivity index (χ0n) is 15.4. The third kappa shape index (κ3) is 4.51. The molecule has 0 bridgehead atoms. The Hall–Kier alpha value is -3.73. The molecule has 0 fully saturated rings. The Bertz CT molecular complexity index is 1000. The summed E-state index contributed by atoms with van der Waals surface area (Å²) >= 11 is 0. The standard InChI is InChI=1S/C20H18FN5O2/c1-27-17-8-5-14(11-15(17)12-22)18-24-19(26-20(25-18)28-2)23-10-9-13-3-6-16(21)7-4-13/h3-8,11H,9-10H2,1-2H3,(H,23,24,25,26). The van der Waals surface area contributed by atoms with E-state index in [9.17, 15) is 9.65 Å². The molecular formula is C20H18FN5O2. The lowest BCUT2D eigenvalue weighted by Crippen LogP contribution is -2.10. The van der Waals surface area contributed by atoms with E-state index in [0.717, 1.165) is 5.56 Å². The first-order chi connectivity index (χ1) is 13.6. The van der Waals surface area contributed by atoms with Crippen molar-refractivity contribution in [3.05, 3.63) is 59.4 Å². The number of nitrogens with one attached hydrogen (secondary N) is 1. The zero-order valence-corrected chi connectivity index (χ0v) is 15.4. The smallest absolute Gasteiger partial charge is 0.321 e. The minimum Gasteiger partial charge on any atom is -0.495 e. The van der Waals surface area contributed by atoms with Crippen molar-refractivity contribution >= 4 is 5.95 Å². The Morgan fingerprint density at radius 1 is 1.04 bits per heavy atom. The summed E-state index contributed by atoms with van der Waals surface area (Å²) in [5, 5.41) is 12.4. The van der Waals surface area contributed by atoms with Crippen LogP contribution in [0.25, 0.3) is 11.4 Å². The van der Waals surface area contributed by atoms with Gasteiger partial charge in [0.05, 0.1) is 19.8 Å². The zero-order chi connectivity index (χ0) is 19.9. The summed E-state index contributed by atoms with van der Waals surface area (Å²) in [7, 11) is 2.97. The van der Waals surface area contributed by atoms with Crippen LogP contribution in [0.15, 0.2) is 42.5 Å². The molecule has 0 saturated carbocycles. The lowest BCUT2D eigenvalue weighted by atomic mass is 10.1. The quantitative estimate of drug-likeness (QED) is 0.674. The molecule has 28 heavy (non-hydrogen) atoms. The Morgan fingerprint density at radius 3 is 2.50 bits per heavy atom. The fraction of sp³-hybridized carbons (Fsp3) is 0.200. The maximum atomic E-state index is 13.0. The van der Waals surface area contributed by atoms with Gasteiger partial charge in [0.25, 0.3) is 0 Å². The molecule has 3 rings (SSSR count). The van der Waals surface area contributed by atoms with Crippen LogP contribution in [0.5, 0.6) is 11.8 Å². The monoisotopic (exact) mass is 379 g/mol. The van der Waals surface area contributed by atoms with E-state index in [4.69, 9.17) is 9.47 Å². The van der Waals surface area contributed by atoms with E-state index in [-0.39, 0.29) is 11.8 Å². The summed E-state index contributed by atoms with van der Waals surface area (Å²) < 4.78 is 23.3. The predicted octanol–water partition coefficient (Wildman–Crippen LogP) is 3.22. The Balaban J connectivity index is 1.80. The second-order valence-electron chi connectivity index (χ2n) is 5.80.